The highest BCUT2D eigenvalue weighted by Crippen LogP contribution is 2.38. The normalized spacial score (nSPS) is 18.7. The summed E-state index contributed by atoms with van der Waals surface area (Å²) >= 11 is 0. The number of hydrogen-bond donors (Lipinski definition) is 0. The van der Waals surface area contributed by atoms with Gasteiger partial charge in [0.2, 0.25) is 11.8 Å². The van der Waals surface area contributed by atoms with Crippen LogP contribution in [0, 0.1) is 23.7 Å². The average molecular weight is 401 g/mol. The zero-order valence-corrected chi connectivity index (χ0v) is 16.8. The van der Waals surface area contributed by atoms with Gasteiger partial charge in [-0.15, -0.1) is 12.3 Å². The van der Waals surface area contributed by atoms with Crippen molar-refractivity contribution in [1.29, 1.82) is 5.26 Å². The number of terminal acetylenes is 1. The fourth-order valence-corrected chi connectivity index (χ4v) is 3.92. The second-order valence-corrected chi connectivity index (χ2v) is 7.73. The first-order valence-corrected chi connectivity index (χ1v) is 10.2. The molecule has 1 unspecified atom stereocenters. The SMILES string of the molecule is C#CCCC1(CCC(=O)N2CCCC2COc2nc3ccccc3cc2C#N)N=N1. The number of benzene rings is 1. The standard InChI is InChI=1S/C23H23N5O2/c1-2-3-11-23(26-27-23)12-10-21(29)28-13-6-8-19(28)16-30-22-18(15-24)14-17-7-4-5-9-20(17)25-22/h1,4-5,7,9,14,19H,3,6,8,10-13,16H2. The topological polar surface area (TPSA) is 90.9 Å². The minimum atomic E-state index is -0.440. The molecule has 152 valence electrons. The highest BCUT2D eigenvalue weighted by atomic mass is 16.5. The van der Waals surface area contributed by atoms with Crippen LogP contribution in [0.15, 0.2) is 40.6 Å². The fraction of sp³-hybridized carbons (Fsp3) is 0.435. The first-order valence-electron chi connectivity index (χ1n) is 10.2. The van der Waals surface area contributed by atoms with Gasteiger partial charge in [-0.3, -0.25) is 4.79 Å². The summed E-state index contributed by atoms with van der Waals surface area (Å²) in [5, 5.41) is 18.6. The molecule has 1 fully saturated rings. The second-order valence-electron chi connectivity index (χ2n) is 7.73. The van der Waals surface area contributed by atoms with Crippen LogP contribution < -0.4 is 4.74 Å². The number of hydrogen-bond acceptors (Lipinski definition) is 6. The minimum Gasteiger partial charge on any atom is -0.475 e. The third-order valence-corrected chi connectivity index (χ3v) is 5.71. The number of carbonyl (C=O) groups is 1. The van der Waals surface area contributed by atoms with E-state index in [-0.39, 0.29) is 11.9 Å². The Morgan fingerprint density at radius 2 is 2.17 bits per heavy atom. The first-order chi connectivity index (χ1) is 14.6. The molecule has 1 amide bonds. The van der Waals surface area contributed by atoms with Crippen LogP contribution in [-0.2, 0) is 4.79 Å². The molecule has 2 aliphatic heterocycles. The van der Waals surface area contributed by atoms with Crippen LogP contribution in [0.25, 0.3) is 10.9 Å². The van der Waals surface area contributed by atoms with Crippen LogP contribution >= 0.6 is 0 Å². The lowest BCUT2D eigenvalue weighted by atomic mass is 10.0. The molecule has 0 spiro atoms. The molecular formula is C23H23N5O2. The molecule has 0 radical (unpaired) electrons. The van der Waals surface area contributed by atoms with Gasteiger partial charge < -0.3 is 9.64 Å². The molecular weight excluding hydrogens is 378 g/mol. The summed E-state index contributed by atoms with van der Waals surface area (Å²) < 4.78 is 5.92. The average Bonchev–Trinajstić information content (AvgIpc) is 3.39. The Morgan fingerprint density at radius 3 is 2.93 bits per heavy atom. The van der Waals surface area contributed by atoms with Crippen molar-refractivity contribution in [3.05, 3.63) is 35.9 Å². The van der Waals surface area contributed by atoms with Crippen LogP contribution in [0.2, 0.25) is 0 Å². The molecule has 4 rings (SSSR count). The van der Waals surface area contributed by atoms with E-state index in [1.54, 1.807) is 6.07 Å². The number of carbonyl (C=O) groups excluding carboxylic acids is 1. The van der Waals surface area contributed by atoms with Crippen LogP contribution in [0.4, 0.5) is 0 Å². The minimum absolute atomic E-state index is 0.0212. The van der Waals surface area contributed by atoms with Crippen molar-refractivity contribution in [1.82, 2.24) is 9.88 Å². The van der Waals surface area contributed by atoms with E-state index < -0.39 is 5.66 Å². The molecule has 0 N–H and O–H groups in total. The van der Waals surface area contributed by atoms with Gasteiger partial charge in [-0.1, -0.05) is 18.2 Å². The molecule has 7 nitrogen and oxygen atoms in total. The molecule has 2 aliphatic rings. The van der Waals surface area contributed by atoms with E-state index in [0.717, 1.165) is 30.3 Å². The Labute approximate surface area is 175 Å². The number of ether oxygens (including phenoxy) is 1. The van der Waals surface area contributed by atoms with E-state index in [2.05, 4.69) is 27.2 Å². The van der Waals surface area contributed by atoms with E-state index in [4.69, 9.17) is 11.2 Å². The maximum atomic E-state index is 12.8. The highest BCUT2D eigenvalue weighted by molar-refractivity contribution is 5.81. The molecule has 1 aromatic carbocycles. The fourth-order valence-electron chi connectivity index (χ4n) is 3.92. The molecule has 3 heterocycles. The van der Waals surface area contributed by atoms with Crippen molar-refractivity contribution in [2.75, 3.05) is 13.2 Å². The van der Waals surface area contributed by atoms with Crippen molar-refractivity contribution in [2.45, 2.75) is 50.2 Å². The van der Waals surface area contributed by atoms with E-state index in [1.165, 1.54) is 0 Å². The van der Waals surface area contributed by atoms with Crippen LogP contribution in [0.1, 0.15) is 44.1 Å². The maximum absolute atomic E-state index is 12.8. The lowest BCUT2D eigenvalue weighted by molar-refractivity contribution is -0.132. The van der Waals surface area contributed by atoms with Gasteiger partial charge in [0.1, 0.15) is 18.2 Å². The Morgan fingerprint density at radius 1 is 1.33 bits per heavy atom. The monoisotopic (exact) mass is 401 g/mol. The number of nitrogens with zero attached hydrogens (tertiary/aromatic N) is 5. The summed E-state index contributed by atoms with van der Waals surface area (Å²) in [6.45, 7) is 1.04. The lowest BCUT2D eigenvalue weighted by Crippen LogP contribution is -2.39. The summed E-state index contributed by atoms with van der Waals surface area (Å²) in [5.74, 6) is 3.01. The van der Waals surface area contributed by atoms with Gasteiger partial charge in [-0.2, -0.15) is 15.5 Å². The number of para-hydroxylation sites is 1. The largest absolute Gasteiger partial charge is 0.475 e. The Kier molecular flexibility index (Phi) is 5.63. The van der Waals surface area contributed by atoms with Gasteiger partial charge >= 0.3 is 0 Å². The van der Waals surface area contributed by atoms with Gasteiger partial charge in [0, 0.05) is 37.6 Å². The lowest BCUT2D eigenvalue weighted by Gasteiger charge is -2.25. The Bertz CT molecular complexity index is 1060. The Balaban J connectivity index is 1.37. The number of aromatic nitrogens is 1. The van der Waals surface area contributed by atoms with Gasteiger partial charge in [0.25, 0.3) is 0 Å². The summed E-state index contributed by atoms with van der Waals surface area (Å²) in [6.07, 6.45) is 9.44. The summed E-state index contributed by atoms with van der Waals surface area (Å²) in [6, 6.07) is 11.5. The predicted octanol–water partition coefficient (Wildman–Crippen LogP) is 3.83. The van der Waals surface area contributed by atoms with Gasteiger partial charge in [0.15, 0.2) is 5.66 Å². The number of pyridine rings is 1. The summed E-state index contributed by atoms with van der Waals surface area (Å²) in [5.41, 5.74) is 0.738. The van der Waals surface area contributed by atoms with Crippen LogP contribution in [0.3, 0.4) is 0 Å². The molecule has 1 atom stereocenters. The number of fused-ring (bicyclic) bond motifs is 1. The highest BCUT2D eigenvalue weighted by Gasteiger charge is 2.40. The summed E-state index contributed by atoms with van der Waals surface area (Å²) in [7, 11) is 0. The molecule has 30 heavy (non-hydrogen) atoms. The van der Waals surface area contributed by atoms with Crippen LogP contribution in [-0.4, -0.2) is 40.6 Å². The molecule has 2 aromatic rings. The van der Waals surface area contributed by atoms with E-state index in [1.807, 2.05) is 29.2 Å². The van der Waals surface area contributed by atoms with Crippen molar-refractivity contribution in [3.8, 4) is 24.3 Å². The number of nitriles is 1. The third kappa shape index (κ3) is 4.26. The molecule has 1 aromatic heterocycles. The van der Waals surface area contributed by atoms with Gasteiger partial charge in [0.05, 0.1) is 11.6 Å². The zero-order chi connectivity index (χ0) is 21.0. The third-order valence-electron chi connectivity index (χ3n) is 5.71. The maximum Gasteiger partial charge on any atom is 0.232 e. The van der Waals surface area contributed by atoms with Crippen molar-refractivity contribution in [3.63, 3.8) is 0 Å². The zero-order valence-electron chi connectivity index (χ0n) is 16.8. The van der Waals surface area contributed by atoms with Crippen molar-refractivity contribution >= 4 is 16.8 Å². The van der Waals surface area contributed by atoms with Crippen molar-refractivity contribution < 1.29 is 9.53 Å². The molecule has 0 bridgehead atoms. The molecule has 0 saturated carbocycles. The first kappa shape index (κ1) is 19.8. The molecule has 0 aliphatic carbocycles. The number of likely N-dealkylation sites (tertiary alicyclic amines) is 1. The van der Waals surface area contributed by atoms with E-state index in [0.29, 0.717) is 43.7 Å². The molecule has 7 heteroatoms. The summed E-state index contributed by atoms with van der Waals surface area (Å²) in [4.78, 5) is 19.2. The quantitative estimate of drug-likeness (QED) is 0.629. The van der Waals surface area contributed by atoms with Gasteiger partial charge in [-0.25, -0.2) is 4.98 Å². The molecule has 1 saturated heterocycles. The number of amides is 1. The van der Waals surface area contributed by atoms with Crippen molar-refractivity contribution in [2.24, 2.45) is 10.2 Å². The van der Waals surface area contributed by atoms with Crippen LogP contribution in [0.5, 0.6) is 5.88 Å². The number of rotatable bonds is 8. The second kappa shape index (κ2) is 8.51. The van der Waals surface area contributed by atoms with E-state index >= 15 is 0 Å². The van der Waals surface area contributed by atoms with Gasteiger partial charge in [-0.05, 0) is 25.0 Å². The predicted molar refractivity (Wildman–Crippen MR) is 112 cm³/mol. The van der Waals surface area contributed by atoms with E-state index in [9.17, 15) is 10.1 Å². The smallest absolute Gasteiger partial charge is 0.232 e. The Hall–Kier alpha value is -3.45.